The summed E-state index contributed by atoms with van der Waals surface area (Å²) in [5, 5.41) is 39.7. The minimum absolute atomic E-state index is 0.0126. The number of ether oxygens (including phenoxy) is 2. The van der Waals surface area contributed by atoms with Crippen molar-refractivity contribution in [2.45, 2.75) is 37.1 Å². The maximum Gasteiger partial charge on any atom is 0.229 e. The zero-order valence-electron chi connectivity index (χ0n) is 17.8. The Kier molecular flexibility index (Phi) is 7.17. The number of aliphatic hydroxyl groups excluding tert-OH is 4. The molecule has 4 N–H and O–H groups in total. The molecule has 33 heavy (non-hydrogen) atoms. The molecule has 1 aliphatic heterocycles. The number of benzene rings is 3. The highest BCUT2D eigenvalue weighted by Crippen LogP contribution is 2.33. The Bertz CT molecular complexity index is 1080. The molecule has 1 fully saturated rings. The van der Waals surface area contributed by atoms with E-state index in [1.165, 1.54) is 0 Å². The van der Waals surface area contributed by atoms with Gasteiger partial charge in [-0.15, -0.1) is 0 Å². The summed E-state index contributed by atoms with van der Waals surface area (Å²) >= 11 is 0. The Hall–Kier alpha value is -3.07. The van der Waals surface area contributed by atoms with Gasteiger partial charge in [-0.1, -0.05) is 72.8 Å². The first kappa shape index (κ1) is 23.1. The van der Waals surface area contributed by atoms with E-state index in [2.05, 4.69) is 0 Å². The van der Waals surface area contributed by atoms with E-state index in [0.717, 1.165) is 11.1 Å². The molecule has 0 aromatic heterocycles. The molecule has 7 heteroatoms. The molecule has 1 aliphatic rings. The van der Waals surface area contributed by atoms with Gasteiger partial charge in [-0.05, 0) is 17.2 Å². The minimum Gasteiger partial charge on any atom is -0.461 e. The van der Waals surface area contributed by atoms with Crippen LogP contribution in [0.4, 0.5) is 0 Å². The molecule has 1 heterocycles. The fourth-order valence-corrected chi connectivity index (χ4v) is 3.86. The molecule has 0 aliphatic carbocycles. The zero-order valence-corrected chi connectivity index (χ0v) is 17.8. The molecule has 0 unspecified atom stereocenters. The van der Waals surface area contributed by atoms with Gasteiger partial charge in [0, 0.05) is 17.5 Å². The second-order valence-electron chi connectivity index (χ2n) is 7.98. The predicted molar refractivity (Wildman–Crippen MR) is 121 cm³/mol. The van der Waals surface area contributed by atoms with Gasteiger partial charge in [-0.25, -0.2) is 0 Å². The summed E-state index contributed by atoms with van der Waals surface area (Å²) < 4.78 is 11.3. The molecular weight excluding hydrogens is 424 g/mol. The summed E-state index contributed by atoms with van der Waals surface area (Å²) in [6.07, 6.45) is -6.60. The van der Waals surface area contributed by atoms with Crippen LogP contribution in [0.15, 0.2) is 78.9 Å². The van der Waals surface area contributed by atoms with Crippen molar-refractivity contribution in [3.8, 4) is 16.9 Å². The van der Waals surface area contributed by atoms with Crippen molar-refractivity contribution in [1.82, 2.24) is 0 Å². The Morgan fingerprint density at radius 1 is 0.848 bits per heavy atom. The van der Waals surface area contributed by atoms with E-state index >= 15 is 0 Å². The van der Waals surface area contributed by atoms with Crippen LogP contribution in [0.25, 0.3) is 11.1 Å². The number of ketones is 1. The van der Waals surface area contributed by atoms with E-state index < -0.39 is 37.3 Å². The van der Waals surface area contributed by atoms with Gasteiger partial charge >= 0.3 is 0 Å². The van der Waals surface area contributed by atoms with E-state index in [1.807, 2.05) is 54.6 Å². The second kappa shape index (κ2) is 10.2. The number of carbonyl (C=O) groups is 1. The number of hydrogen-bond acceptors (Lipinski definition) is 7. The lowest BCUT2D eigenvalue weighted by Gasteiger charge is -2.39. The largest absolute Gasteiger partial charge is 0.461 e. The average Bonchev–Trinajstić information content (AvgIpc) is 2.85. The number of para-hydroxylation sites is 1. The standard InChI is InChI=1S/C26H26O7/c27-15-22-23(29)24(30)25(31)26(33-22)32-21-12-5-4-11-19(21)18-10-6-7-16(13-18)14-20(28)17-8-2-1-3-9-17/h1-13,22-27,29-31H,14-15H2/t22-,23-,24+,25+,26+/m1/s1. The van der Waals surface area contributed by atoms with Crippen molar-refractivity contribution in [3.63, 3.8) is 0 Å². The Morgan fingerprint density at radius 2 is 1.58 bits per heavy atom. The lowest BCUT2D eigenvalue weighted by molar-refractivity contribution is -0.277. The van der Waals surface area contributed by atoms with E-state index in [0.29, 0.717) is 16.9 Å². The maximum absolute atomic E-state index is 12.6. The number of aliphatic hydroxyl groups is 4. The third-order valence-corrected chi connectivity index (χ3v) is 5.68. The monoisotopic (exact) mass is 450 g/mol. The zero-order chi connectivity index (χ0) is 23.4. The fraction of sp³-hybridized carbons (Fsp3) is 0.269. The lowest BCUT2D eigenvalue weighted by atomic mass is 9.97. The number of carbonyl (C=O) groups excluding carboxylic acids is 1. The third-order valence-electron chi connectivity index (χ3n) is 5.68. The summed E-state index contributed by atoms with van der Waals surface area (Å²) in [5.74, 6) is 0.395. The SMILES string of the molecule is O=C(Cc1cccc(-c2ccccc2O[C@H]2O[C@H](CO)[C@@H](O)[C@H](O)[C@@H]2O)c1)c1ccccc1. The molecule has 172 valence electrons. The van der Waals surface area contributed by atoms with E-state index in [1.54, 1.807) is 24.3 Å². The topological polar surface area (TPSA) is 116 Å². The third kappa shape index (κ3) is 5.13. The predicted octanol–water partition coefficient (Wildman–Crippen LogP) is 1.96. The normalized spacial score (nSPS) is 24.9. The Balaban J connectivity index is 1.56. The molecule has 5 atom stereocenters. The van der Waals surface area contributed by atoms with Crippen LogP contribution in [0.3, 0.4) is 0 Å². The smallest absolute Gasteiger partial charge is 0.229 e. The number of hydrogen-bond donors (Lipinski definition) is 4. The van der Waals surface area contributed by atoms with Crippen molar-refractivity contribution in [2.24, 2.45) is 0 Å². The summed E-state index contributed by atoms with van der Waals surface area (Å²) in [7, 11) is 0. The fourth-order valence-electron chi connectivity index (χ4n) is 3.86. The summed E-state index contributed by atoms with van der Waals surface area (Å²) in [4.78, 5) is 12.6. The Labute approximate surface area is 191 Å². The molecule has 0 radical (unpaired) electrons. The maximum atomic E-state index is 12.6. The van der Waals surface area contributed by atoms with Gasteiger partial charge in [-0.3, -0.25) is 4.79 Å². The molecule has 1 saturated heterocycles. The van der Waals surface area contributed by atoms with Gasteiger partial charge < -0.3 is 29.9 Å². The van der Waals surface area contributed by atoms with Crippen molar-refractivity contribution in [1.29, 1.82) is 0 Å². The highest BCUT2D eigenvalue weighted by atomic mass is 16.7. The molecule has 0 amide bonds. The van der Waals surface area contributed by atoms with Crippen LogP contribution in [-0.4, -0.2) is 63.5 Å². The average molecular weight is 450 g/mol. The molecule has 4 rings (SSSR count). The second-order valence-corrected chi connectivity index (χ2v) is 7.98. The van der Waals surface area contributed by atoms with E-state index in [-0.39, 0.29) is 12.2 Å². The van der Waals surface area contributed by atoms with Crippen LogP contribution in [0.1, 0.15) is 15.9 Å². The Morgan fingerprint density at radius 3 is 2.33 bits per heavy atom. The van der Waals surface area contributed by atoms with Gasteiger partial charge in [0.2, 0.25) is 6.29 Å². The molecule has 0 saturated carbocycles. The highest BCUT2D eigenvalue weighted by molar-refractivity contribution is 5.97. The van der Waals surface area contributed by atoms with Gasteiger partial charge in [0.1, 0.15) is 30.2 Å². The first-order chi connectivity index (χ1) is 16.0. The van der Waals surface area contributed by atoms with E-state index in [4.69, 9.17) is 9.47 Å². The van der Waals surface area contributed by atoms with Crippen molar-refractivity contribution in [2.75, 3.05) is 6.61 Å². The van der Waals surface area contributed by atoms with Crippen LogP contribution >= 0.6 is 0 Å². The number of rotatable bonds is 7. The van der Waals surface area contributed by atoms with Crippen LogP contribution in [0.5, 0.6) is 5.75 Å². The summed E-state index contributed by atoms with van der Waals surface area (Å²) in [6.45, 7) is -0.538. The molecular formula is C26H26O7. The lowest BCUT2D eigenvalue weighted by Crippen LogP contribution is -2.60. The van der Waals surface area contributed by atoms with Crippen LogP contribution in [0.2, 0.25) is 0 Å². The highest BCUT2D eigenvalue weighted by Gasteiger charge is 2.44. The van der Waals surface area contributed by atoms with Crippen LogP contribution in [0, 0.1) is 0 Å². The molecule has 7 nitrogen and oxygen atoms in total. The van der Waals surface area contributed by atoms with Gasteiger partial charge in [0.25, 0.3) is 0 Å². The van der Waals surface area contributed by atoms with Gasteiger partial charge in [0.05, 0.1) is 6.61 Å². The first-order valence-corrected chi connectivity index (χ1v) is 10.7. The minimum atomic E-state index is -1.53. The summed E-state index contributed by atoms with van der Waals surface area (Å²) in [5.41, 5.74) is 2.98. The molecule has 3 aromatic carbocycles. The van der Waals surface area contributed by atoms with Crippen LogP contribution < -0.4 is 4.74 Å². The first-order valence-electron chi connectivity index (χ1n) is 10.7. The van der Waals surface area contributed by atoms with Crippen LogP contribution in [-0.2, 0) is 11.2 Å². The molecule has 3 aromatic rings. The van der Waals surface area contributed by atoms with E-state index in [9.17, 15) is 25.2 Å². The number of Topliss-reactive ketones (excluding diaryl/α,β-unsaturated/α-hetero) is 1. The van der Waals surface area contributed by atoms with Crippen molar-refractivity contribution in [3.05, 3.63) is 90.0 Å². The molecule has 0 bridgehead atoms. The van der Waals surface area contributed by atoms with Crippen molar-refractivity contribution < 1.29 is 34.7 Å². The van der Waals surface area contributed by atoms with Gasteiger partial charge in [-0.2, -0.15) is 0 Å². The molecule has 0 spiro atoms. The summed E-state index contributed by atoms with van der Waals surface area (Å²) in [6, 6.07) is 23.7. The quantitative estimate of drug-likeness (QED) is 0.407. The van der Waals surface area contributed by atoms with Gasteiger partial charge in [0.15, 0.2) is 5.78 Å². The van der Waals surface area contributed by atoms with Crippen molar-refractivity contribution >= 4 is 5.78 Å².